The fraction of sp³-hybridized carbons (Fsp3) is 0.227. The molecule has 0 saturated heterocycles. The smallest absolute Gasteiger partial charge is 0.231 e. The summed E-state index contributed by atoms with van der Waals surface area (Å²) in [7, 11) is 0. The highest BCUT2D eigenvalue weighted by Gasteiger charge is 2.17. The molecule has 0 aliphatic heterocycles. The Balaban J connectivity index is 1.52. The van der Waals surface area contributed by atoms with E-state index in [1.807, 2.05) is 63.4 Å². The van der Waals surface area contributed by atoms with E-state index < -0.39 is 0 Å². The molecule has 0 aliphatic rings. The highest BCUT2D eigenvalue weighted by molar-refractivity contribution is 7.10. The summed E-state index contributed by atoms with van der Waals surface area (Å²) in [6, 6.07) is 11.8. The number of aryl methyl sites for hydroxylation is 3. The van der Waals surface area contributed by atoms with Gasteiger partial charge >= 0.3 is 0 Å². The summed E-state index contributed by atoms with van der Waals surface area (Å²) in [5.41, 5.74) is 5.95. The molecule has 0 radical (unpaired) electrons. The minimum Gasteiger partial charge on any atom is -0.360 e. The van der Waals surface area contributed by atoms with Gasteiger partial charge in [0.1, 0.15) is 10.8 Å². The van der Waals surface area contributed by atoms with Crippen molar-refractivity contribution in [2.75, 3.05) is 5.32 Å². The van der Waals surface area contributed by atoms with E-state index in [2.05, 4.69) is 21.1 Å². The van der Waals surface area contributed by atoms with Crippen LogP contribution in [0.2, 0.25) is 0 Å². The zero-order valence-corrected chi connectivity index (χ0v) is 17.6. The van der Waals surface area contributed by atoms with Gasteiger partial charge in [-0.1, -0.05) is 22.9 Å². The van der Waals surface area contributed by atoms with E-state index in [4.69, 9.17) is 9.51 Å². The van der Waals surface area contributed by atoms with Crippen LogP contribution in [-0.4, -0.2) is 20.6 Å². The summed E-state index contributed by atoms with van der Waals surface area (Å²) >= 11 is 1.49. The topological polar surface area (TPSA) is 73.0 Å². The van der Waals surface area contributed by atoms with Crippen molar-refractivity contribution in [3.63, 3.8) is 0 Å². The van der Waals surface area contributed by atoms with Gasteiger partial charge < -0.3 is 9.84 Å². The summed E-state index contributed by atoms with van der Waals surface area (Å²) in [6.07, 6.45) is 0.250. The van der Waals surface area contributed by atoms with Crippen LogP contribution in [0.1, 0.15) is 27.7 Å². The van der Waals surface area contributed by atoms with E-state index in [0.29, 0.717) is 0 Å². The number of nitrogens with zero attached hydrogens (tertiary/aromatic N) is 3. The molecule has 29 heavy (non-hydrogen) atoms. The molecule has 0 aliphatic carbocycles. The molecular weight excluding hydrogens is 384 g/mol. The summed E-state index contributed by atoms with van der Waals surface area (Å²) in [6.45, 7) is 7.96. The van der Waals surface area contributed by atoms with Crippen molar-refractivity contribution in [3.8, 4) is 17.1 Å². The molecule has 148 valence electrons. The van der Waals surface area contributed by atoms with Crippen LogP contribution in [-0.2, 0) is 11.2 Å². The van der Waals surface area contributed by atoms with Gasteiger partial charge in [-0.25, -0.2) is 4.98 Å². The molecular formula is C22H22N4O2S. The maximum absolute atomic E-state index is 12.4. The number of hydrogen-bond acceptors (Lipinski definition) is 5. The van der Waals surface area contributed by atoms with Gasteiger partial charge in [0.15, 0.2) is 5.82 Å². The summed E-state index contributed by atoms with van der Waals surface area (Å²) in [5, 5.41) is 9.82. The number of nitrogens with one attached hydrogen (secondary N) is 1. The van der Waals surface area contributed by atoms with Gasteiger partial charge in [-0.3, -0.25) is 9.36 Å². The van der Waals surface area contributed by atoms with Crippen molar-refractivity contribution < 1.29 is 9.32 Å². The molecule has 4 aromatic rings. The molecule has 4 rings (SSSR count). The predicted octanol–water partition coefficient (Wildman–Crippen LogP) is 5.00. The Morgan fingerprint density at radius 3 is 2.59 bits per heavy atom. The monoisotopic (exact) mass is 406 g/mol. The lowest BCUT2D eigenvalue weighted by Crippen LogP contribution is -2.14. The van der Waals surface area contributed by atoms with E-state index in [1.54, 1.807) is 0 Å². The van der Waals surface area contributed by atoms with Gasteiger partial charge in [-0.05, 0) is 45.9 Å². The molecule has 3 aromatic heterocycles. The molecule has 0 atom stereocenters. The van der Waals surface area contributed by atoms with Gasteiger partial charge in [-0.15, -0.1) is 11.3 Å². The standard InChI is InChI=1S/C22H22N4O2S/c1-13-5-7-17(8-6-13)23-21(27)11-22-24-19(12-29-22)18-9-14(2)26(16(18)4)20-10-15(3)28-25-20/h5-10,12H,11H2,1-4H3,(H,23,27). The van der Waals surface area contributed by atoms with Gasteiger partial charge in [0.05, 0.1) is 12.1 Å². The average Bonchev–Trinajstić information content (AvgIpc) is 3.37. The Labute approximate surface area is 173 Å². The fourth-order valence-corrected chi connectivity index (χ4v) is 4.12. The molecule has 3 heterocycles. The molecule has 6 nitrogen and oxygen atoms in total. The molecule has 0 spiro atoms. The zero-order chi connectivity index (χ0) is 20.5. The molecule has 1 aromatic carbocycles. The van der Waals surface area contributed by atoms with Crippen LogP contribution >= 0.6 is 11.3 Å². The van der Waals surface area contributed by atoms with E-state index in [0.717, 1.165) is 50.5 Å². The van der Waals surface area contributed by atoms with Gasteiger partial charge in [0.2, 0.25) is 5.91 Å². The number of anilines is 1. The van der Waals surface area contributed by atoms with Crippen LogP contribution in [0.25, 0.3) is 17.1 Å². The number of amides is 1. The second-order valence-electron chi connectivity index (χ2n) is 7.13. The number of aromatic nitrogens is 3. The maximum atomic E-state index is 12.4. The molecule has 7 heteroatoms. The summed E-state index contributed by atoms with van der Waals surface area (Å²) in [5.74, 6) is 1.46. The third-order valence-corrected chi connectivity index (χ3v) is 5.60. The number of rotatable bonds is 5. The lowest BCUT2D eigenvalue weighted by molar-refractivity contribution is -0.115. The van der Waals surface area contributed by atoms with Crippen molar-refractivity contribution in [2.24, 2.45) is 0 Å². The highest BCUT2D eigenvalue weighted by Crippen LogP contribution is 2.30. The van der Waals surface area contributed by atoms with Crippen molar-refractivity contribution in [2.45, 2.75) is 34.1 Å². The van der Waals surface area contributed by atoms with Crippen molar-refractivity contribution in [3.05, 3.63) is 69.5 Å². The third-order valence-electron chi connectivity index (χ3n) is 4.75. The van der Waals surface area contributed by atoms with Gasteiger partial charge in [0.25, 0.3) is 0 Å². The zero-order valence-electron chi connectivity index (χ0n) is 16.8. The molecule has 0 fully saturated rings. The van der Waals surface area contributed by atoms with E-state index in [-0.39, 0.29) is 12.3 Å². The Morgan fingerprint density at radius 1 is 1.14 bits per heavy atom. The second kappa shape index (κ2) is 7.67. The first-order valence-electron chi connectivity index (χ1n) is 9.34. The number of benzene rings is 1. The Morgan fingerprint density at radius 2 is 1.90 bits per heavy atom. The Bertz CT molecular complexity index is 1170. The van der Waals surface area contributed by atoms with E-state index >= 15 is 0 Å². The third kappa shape index (κ3) is 4.00. The lowest BCUT2D eigenvalue weighted by Gasteiger charge is -2.04. The Hall–Kier alpha value is -3.19. The van der Waals surface area contributed by atoms with Crippen molar-refractivity contribution >= 4 is 22.9 Å². The maximum Gasteiger partial charge on any atom is 0.231 e. The second-order valence-corrected chi connectivity index (χ2v) is 8.08. The van der Waals surface area contributed by atoms with Gasteiger partial charge in [0, 0.05) is 34.1 Å². The highest BCUT2D eigenvalue weighted by atomic mass is 32.1. The predicted molar refractivity (Wildman–Crippen MR) is 115 cm³/mol. The van der Waals surface area contributed by atoms with Crippen LogP contribution in [0.5, 0.6) is 0 Å². The number of carbonyl (C=O) groups excluding carboxylic acids is 1. The fourth-order valence-electron chi connectivity index (χ4n) is 3.33. The van der Waals surface area contributed by atoms with Crippen LogP contribution in [0.15, 0.2) is 46.3 Å². The minimum absolute atomic E-state index is 0.0710. The number of hydrogen-bond donors (Lipinski definition) is 1. The quantitative estimate of drug-likeness (QED) is 0.506. The summed E-state index contributed by atoms with van der Waals surface area (Å²) in [4.78, 5) is 17.0. The molecule has 0 unspecified atom stereocenters. The van der Waals surface area contributed by atoms with Crippen LogP contribution in [0.3, 0.4) is 0 Å². The average molecular weight is 407 g/mol. The molecule has 0 bridgehead atoms. The normalized spacial score (nSPS) is 11.0. The summed E-state index contributed by atoms with van der Waals surface area (Å²) < 4.78 is 7.27. The number of thiazole rings is 1. The Kier molecular flexibility index (Phi) is 5.07. The first-order valence-corrected chi connectivity index (χ1v) is 10.2. The van der Waals surface area contributed by atoms with Crippen LogP contribution in [0, 0.1) is 27.7 Å². The number of carbonyl (C=O) groups is 1. The van der Waals surface area contributed by atoms with Crippen LogP contribution < -0.4 is 5.32 Å². The van der Waals surface area contributed by atoms with E-state index in [9.17, 15) is 4.79 Å². The molecule has 1 amide bonds. The van der Waals surface area contributed by atoms with Crippen molar-refractivity contribution in [1.29, 1.82) is 0 Å². The largest absolute Gasteiger partial charge is 0.360 e. The molecule has 0 saturated carbocycles. The lowest BCUT2D eigenvalue weighted by atomic mass is 10.2. The van der Waals surface area contributed by atoms with Gasteiger partial charge in [-0.2, -0.15) is 0 Å². The van der Waals surface area contributed by atoms with E-state index in [1.165, 1.54) is 11.3 Å². The minimum atomic E-state index is -0.0710. The first-order chi connectivity index (χ1) is 13.9. The SMILES string of the molecule is Cc1ccc(NC(=O)Cc2nc(-c3cc(C)n(-c4cc(C)on4)c3C)cs2)cc1. The first kappa shape index (κ1) is 19.1. The van der Waals surface area contributed by atoms with Crippen LogP contribution in [0.4, 0.5) is 5.69 Å². The van der Waals surface area contributed by atoms with Crippen molar-refractivity contribution in [1.82, 2.24) is 14.7 Å². The molecule has 1 N–H and O–H groups in total.